The van der Waals surface area contributed by atoms with Gasteiger partial charge in [0.05, 0.1) is 37.6 Å². The molecule has 0 atom stereocenters. The zero-order valence-corrected chi connectivity index (χ0v) is 16.8. The Labute approximate surface area is 168 Å². The Morgan fingerprint density at radius 3 is 2.43 bits per heavy atom. The number of aromatic nitrogens is 1. The van der Waals surface area contributed by atoms with Crippen LogP contribution in [0.25, 0.3) is 10.9 Å². The topological polar surface area (TPSA) is 69.7 Å². The van der Waals surface area contributed by atoms with Crippen LogP contribution in [0.2, 0.25) is 0 Å². The highest BCUT2D eigenvalue weighted by molar-refractivity contribution is 7.99. The fraction of sp³-hybridized carbons (Fsp3) is 0.238. The Kier molecular flexibility index (Phi) is 6.60. The normalized spacial score (nSPS) is 10.5. The fourth-order valence-corrected chi connectivity index (χ4v) is 3.45. The Bertz CT molecular complexity index is 978. The molecule has 28 heavy (non-hydrogen) atoms. The second-order valence-corrected chi connectivity index (χ2v) is 6.92. The first-order valence-corrected chi connectivity index (χ1v) is 9.67. The van der Waals surface area contributed by atoms with Gasteiger partial charge in [0.25, 0.3) is 0 Å². The summed E-state index contributed by atoms with van der Waals surface area (Å²) in [6.45, 7) is 0.327. The Balaban J connectivity index is 1.60. The van der Waals surface area contributed by atoms with E-state index in [0.29, 0.717) is 23.8 Å². The lowest BCUT2D eigenvalue weighted by molar-refractivity contribution is -0.118. The molecule has 0 aliphatic carbocycles. The van der Waals surface area contributed by atoms with Crippen LogP contribution in [0.4, 0.5) is 0 Å². The number of benzene rings is 2. The molecule has 1 aromatic heterocycles. The van der Waals surface area contributed by atoms with E-state index in [-0.39, 0.29) is 11.7 Å². The van der Waals surface area contributed by atoms with E-state index in [4.69, 9.17) is 14.2 Å². The van der Waals surface area contributed by atoms with Crippen LogP contribution in [-0.2, 0) is 11.3 Å². The molecule has 0 radical (unpaired) electrons. The minimum atomic E-state index is -0.0863. The number of carbonyl (C=O) groups excluding carboxylic acids is 1. The second kappa shape index (κ2) is 9.32. The third-order valence-corrected chi connectivity index (χ3v) is 5.12. The van der Waals surface area contributed by atoms with Crippen LogP contribution < -0.4 is 19.5 Å². The van der Waals surface area contributed by atoms with Gasteiger partial charge in [-0.15, -0.1) is 0 Å². The maximum Gasteiger partial charge on any atom is 0.230 e. The van der Waals surface area contributed by atoms with Crippen molar-refractivity contribution in [1.29, 1.82) is 0 Å². The number of carbonyl (C=O) groups is 1. The second-order valence-electron chi connectivity index (χ2n) is 5.93. The number of para-hydroxylation sites is 1. The van der Waals surface area contributed by atoms with Crippen LogP contribution in [0.5, 0.6) is 17.2 Å². The van der Waals surface area contributed by atoms with Crippen molar-refractivity contribution >= 4 is 28.6 Å². The van der Waals surface area contributed by atoms with Crippen LogP contribution in [0, 0.1) is 0 Å². The number of amides is 1. The number of thioether (sulfide) groups is 1. The van der Waals surface area contributed by atoms with Gasteiger partial charge in [-0.2, -0.15) is 0 Å². The lowest BCUT2D eigenvalue weighted by Crippen LogP contribution is -2.24. The van der Waals surface area contributed by atoms with E-state index in [1.54, 1.807) is 33.5 Å². The van der Waals surface area contributed by atoms with Crippen LogP contribution in [0.1, 0.15) is 5.56 Å². The van der Waals surface area contributed by atoms with Gasteiger partial charge in [-0.25, -0.2) is 4.98 Å². The van der Waals surface area contributed by atoms with Gasteiger partial charge in [0.2, 0.25) is 5.91 Å². The Morgan fingerprint density at radius 1 is 0.964 bits per heavy atom. The van der Waals surface area contributed by atoms with Crippen molar-refractivity contribution in [3.63, 3.8) is 0 Å². The minimum absolute atomic E-state index is 0.0863. The summed E-state index contributed by atoms with van der Waals surface area (Å²) in [4.78, 5) is 16.8. The number of methoxy groups -OCH3 is 3. The van der Waals surface area contributed by atoms with Gasteiger partial charge in [0, 0.05) is 23.6 Å². The third kappa shape index (κ3) is 4.67. The highest BCUT2D eigenvalue weighted by Gasteiger charge is 2.13. The molecule has 0 spiro atoms. The summed E-state index contributed by atoms with van der Waals surface area (Å²) >= 11 is 1.40. The van der Waals surface area contributed by atoms with Crippen molar-refractivity contribution in [3.05, 3.63) is 54.1 Å². The quantitative estimate of drug-likeness (QED) is 0.584. The molecule has 0 saturated carbocycles. The lowest BCUT2D eigenvalue weighted by atomic mass is 10.1. The Hall–Kier alpha value is -2.93. The zero-order chi connectivity index (χ0) is 19.9. The first kappa shape index (κ1) is 19.8. The SMILES string of the molecule is COc1cc(OC)c(OC)cc1CNC(=O)CSc1ccc2ccccc2n1. The summed E-state index contributed by atoms with van der Waals surface area (Å²) in [5, 5.41) is 4.80. The maximum absolute atomic E-state index is 12.3. The molecule has 0 bridgehead atoms. The van der Waals surface area contributed by atoms with Gasteiger partial charge in [-0.1, -0.05) is 36.0 Å². The fourth-order valence-electron chi connectivity index (χ4n) is 2.74. The average molecular weight is 398 g/mol. The molecule has 2 aromatic carbocycles. The number of nitrogens with zero attached hydrogens (tertiary/aromatic N) is 1. The molecular formula is C21H22N2O4S. The molecule has 3 rings (SSSR count). The van der Waals surface area contributed by atoms with Crippen molar-refractivity contribution in [2.75, 3.05) is 27.1 Å². The molecule has 6 nitrogen and oxygen atoms in total. The largest absolute Gasteiger partial charge is 0.496 e. The van der Waals surface area contributed by atoms with Gasteiger partial charge in [0.1, 0.15) is 5.75 Å². The highest BCUT2D eigenvalue weighted by atomic mass is 32.2. The smallest absolute Gasteiger partial charge is 0.230 e. The molecule has 0 aliphatic heterocycles. The van der Waals surface area contributed by atoms with E-state index < -0.39 is 0 Å². The molecule has 146 valence electrons. The van der Waals surface area contributed by atoms with Gasteiger partial charge in [-0.3, -0.25) is 4.79 Å². The lowest BCUT2D eigenvalue weighted by Gasteiger charge is -2.14. The van der Waals surface area contributed by atoms with Crippen molar-refractivity contribution in [3.8, 4) is 17.2 Å². The van der Waals surface area contributed by atoms with E-state index in [2.05, 4.69) is 10.3 Å². The van der Waals surface area contributed by atoms with E-state index in [1.807, 2.05) is 36.4 Å². The summed E-state index contributed by atoms with van der Waals surface area (Å²) in [6, 6.07) is 15.4. The number of ether oxygens (including phenoxy) is 3. The summed E-state index contributed by atoms with van der Waals surface area (Å²) in [7, 11) is 4.71. The van der Waals surface area contributed by atoms with E-state index >= 15 is 0 Å². The molecule has 0 unspecified atom stereocenters. The number of fused-ring (bicyclic) bond motifs is 1. The van der Waals surface area contributed by atoms with Gasteiger partial charge >= 0.3 is 0 Å². The first-order valence-electron chi connectivity index (χ1n) is 8.68. The van der Waals surface area contributed by atoms with E-state index in [9.17, 15) is 4.79 Å². The average Bonchev–Trinajstić information content (AvgIpc) is 2.75. The predicted molar refractivity (Wildman–Crippen MR) is 110 cm³/mol. The molecule has 1 amide bonds. The highest BCUT2D eigenvalue weighted by Crippen LogP contribution is 2.34. The molecule has 0 saturated heterocycles. The number of rotatable bonds is 8. The molecular weight excluding hydrogens is 376 g/mol. The van der Waals surface area contributed by atoms with E-state index in [1.165, 1.54) is 11.8 Å². The molecule has 3 aromatic rings. The maximum atomic E-state index is 12.3. The van der Waals surface area contributed by atoms with Crippen molar-refractivity contribution in [1.82, 2.24) is 10.3 Å². The van der Waals surface area contributed by atoms with Gasteiger partial charge in [-0.05, 0) is 18.2 Å². The van der Waals surface area contributed by atoms with Gasteiger partial charge in [0.15, 0.2) is 11.5 Å². The van der Waals surface area contributed by atoms with Crippen molar-refractivity contribution in [2.24, 2.45) is 0 Å². The predicted octanol–water partition coefficient (Wildman–Crippen LogP) is 3.67. The number of nitrogens with one attached hydrogen (secondary N) is 1. The summed E-state index contributed by atoms with van der Waals surface area (Å²) < 4.78 is 16.0. The van der Waals surface area contributed by atoms with Crippen LogP contribution >= 0.6 is 11.8 Å². The third-order valence-electron chi connectivity index (χ3n) is 4.19. The summed E-state index contributed by atoms with van der Waals surface area (Å²) in [5.74, 6) is 1.98. The minimum Gasteiger partial charge on any atom is -0.496 e. The summed E-state index contributed by atoms with van der Waals surface area (Å²) in [5.41, 5.74) is 1.73. The standard InChI is InChI=1S/C21H22N2O4S/c1-25-17-11-19(27-3)18(26-2)10-15(17)12-22-20(24)13-28-21-9-8-14-6-4-5-7-16(14)23-21/h4-11H,12-13H2,1-3H3,(H,22,24). The molecule has 0 fully saturated rings. The number of hydrogen-bond acceptors (Lipinski definition) is 6. The number of pyridine rings is 1. The molecule has 1 heterocycles. The number of hydrogen-bond donors (Lipinski definition) is 1. The summed E-state index contributed by atoms with van der Waals surface area (Å²) in [6.07, 6.45) is 0. The van der Waals surface area contributed by atoms with Crippen LogP contribution in [0.15, 0.2) is 53.6 Å². The van der Waals surface area contributed by atoms with Crippen molar-refractivity contribution in [2.45, 2.75) is 11.6 Å². The monoisotopic (exact) mass is 398 g/mol. The Morgan fingerprint density at radius 2 is 1.68 bits per heavy atom. The molecule has 1 N–H and O–H groups in total. The first-order chi connectivity index (χ1) is 13.6. The zero-order valence-electron chi connectivity index (χ0n) is 16.0. The van der Waals surface area contributed by atoms with Crippen LogP contribution in [0.3, 0.4) is 0 Å². The van der Waals surface area contributed by atoms with Gasteiger partial charge < -0.3 is 19.5 Å². The van der Waals surface area contributed by atoms with Crippen LogP contribution in [-0.4, -0.2) is 38.0 Å². The molecule has 7 heteroatoms. The van der Waals surface area contributed by atoms with Crippen molar-refractivity contribution < 1.29 is 19.0 Å². The molecule has 0 aliphatic rings. The van der Waals surface area contributed by atoms with E-state index in [0.717, 1.165) is 21.5 Å².